The number of hydrogen-bond acceptors (Lipinski definition) is 2. The Kier molecular flexibility index (Phi) is 5.12. The maximum atomic E-state index is 12.1. The molecular weight excluding hydrogens is 268 g/mol. The zero-order valence-electron chi connectivity index (χ0n) is 11.7. The van der Waals surface area contributed by atoms with Crippen molar-refractivity contribution in [1.82, 2.24) is 5.32 Å². The molecule has 0 unspecified atom stereocenters. The van der Waals surface area contributed by atoms with E-state index in [9.17, 15) is 4.79 Å². The number of rotatable bonds is 6. The highest BCUT2D eigenvalue weighted by atomic mass is 32.1. The van der Waals surface area contributed by atoms with Crippen LogP contribution in [0.1, 0.15) is 44.1 Å². The van der Waals surface area contributed by atoms with Crippen LogP contribution >= 0.6 is 12.2 Å². The van der Waals surface area contributed by atoms with Gasteiger partial charge in [0.25, 0.3) is 0 Å². The quantitative estimate of drug-likeness (QED) is 0.792. The number of carbonyl (C=O) groups excluding carboxylic acids is 1. The van der Waals surface area contributed by atoms with Crippen molar-refractivity contribution in [3.8, 4) is 0 Å². The molecule has 108 valence electrons. The fraction of sp³-hybridized carbons (Fsp3) is 0.500. The second-order valence-electron chi connectivity index (χ2n) is 5.54. The number of nitrogens with one attached hydrogen (secondary N) is 1. The Hall–Kier alpha value is -1.42. The Balaban J connectivity index is 1.79. The van der Waals surface area contributed by atoms with Crippen LogP contribution in [0.25, 0.3) is 0 Å². The maximum absolute atomic E-state index is 12.1. The van der Waals surface area contributed by atoms with Gasteiger partial charge in [0.1, 0.15) is 0 Å². The molecule has 1 aliphatic carbocycles. The molecule has 0 radical (unpaired) electrons. The Bertz CT molecular complexity index is 467. The minimum absolute atomic E-state index is 0.0654. The van der Waals surface area contributed by atoms with Crippen molar-refractivity contribution >= 4 is 23.1 Å². The van der Waals surface area contributed by atoms with Gasteiger partial charge in [-0.2, -0.15) is 0 Å². The van der Waals surface area contributed by atoms with Gasteiger partial charge in [0.2, 0.25) is 5.91 Å². The normalized spacial score (nSPS) is 16.8. The molecule has 3 nitrogen and oxygen atoms in total. The number of carbonyl (C=O) groups is 1. The Labute approximate surface area is 125 Å². The highest BCUT2D eigenvalue weighted by molar-refractivity contribution is 7.80. The van der Waals surface area contributed by atoms with Crippen molar-refractivity contribution in [2.24, 2.45) is 5.73 Å². The Morgan fingerprint density at radius 1 is 1.25 bits per heavy atom. The van der Waals surface area contributed by atoms with E-state index in [1.165, 1.54) is 5.56 Å². The van der Waals surface area contributed by atoms with Crippen LogP contribution in [0.5, 0.6) is 0 Å². The SMILES string of the molecule is NC(=S)C1(NC(=O)CCCc2ccccc2)CCCC1. The highest BCUT2D eigenvalue weighted by Crippen LogP contribution is 2.30. The van der Waals surface area contributed by atoms with Gasteiger partial charge in [-0.25, -0.2) is 0 Å². The van der Waals surface area contributed by atoms with Crippen molar-refractivity contribution in [2.75, 3.05) is 0 Å². The van der Waals surface area contributed by atoms with Crippen LogP contribution in [-0.4, -0.2) is 16.4 Å². The van der Waals surface area contributed by atoms with Crippen LogP contribution in [-0.2, 0) is 11.2 Å². The molecule has 0 heterocycles. The number of benzene rings is 1. The first-order valence-electron chi connectivity index (χ1n) is 7.27. The summed E-state index contributed by atoms with van der Waals surface area (Å²) in [6.45, 7) is 0. The minimum atomic E-state index is -0.417. The van der Waals surface area contributed by atoms with Crippen LogP contribution in [0.3, 0.4) is 0 Å². The lowest BCUT2D eigenvalue weighted by molar-refractivity contribution is -0.122. The average Bonchev–Trinajstić information content (AvgIpc) is 2.90. The van der Waals surface area contributed by atoms with E-state index < -0.39 is 5.54 Å². The van der Waals surface area contributed by atoms with E-state index >= 15 is 0 Å². The summed E-state index contributed by atoms with van der Waals surface area (Å²) in [4.78, 5) is 12.5. The first-order chi connectivity index (χ1) is 9.62. The molecule has 1 aromatic carbocycles. The Morgan fingerprint density at radius 2 is 1.90 bits per heavy atom. The summed E-state index contributed by atoms with van der Waals surface area (Å²) < 4.78 is 0. The van der Waals surface area contributed by atoms with E-state index in [-0.39, 0.29) is 5.91 Å². The number of amides is 1. The van der Waals surface area contributed by atoms with Gasteiger partial charge in [0, 0.05) is 6.42 Å². The predicted octanol–water partition coefficient (Wildman–Crippen LogP) is 2.72. The fourth-order valence-electron chi connectivity index (χ4n) is 2.84. The third kappa shape index (κ3) is 3.79. The zero-order valence-corrected chi connectivity index (χ0v) is 12.5. The number of hydrogen-bond donors (Lipinski definition) is 2. The standard InChI is InChI=1S/C16H22N2OS/c17-15(20)16(11-4-5-12-16)18-14(19)10-6-9-13-7-2-1-3-8-13/h1-3,7-8H,4-6,9-12H2,(H2,17,20)(H,18,19). The minimum Gasteiger partial charge on any atom is -0.391 e. The van der Waals surface area contributed by atoms with Crippen molar-refractivity contribution in [3.05, 3.63) is 35.9 Å². The molecule has 0 aliphatic heterocycles. The van der Waals surface area contributed by atoms with Crippen molar-refractivity contribution < 1.29 is 4.79 Å². The number of nitrogens with two attached hydrogens (primary N) is 1. The molecule has 1 aliphatic rings. The lowest BCUT2D eigenvalue weighted by Crippen LogP contribution is -2.54. The van der Waals surface area contributed by atoms with E-state index in [0.717, 1.165) is 38.5 Å². The Morgan fingerprint density at radius 3 is 2.50 bits per heavy atom. The molecule has 1 amide bonds. The summed E-state index contributed by atoms with van der Waals surface area (Å²) >= 11 is 5.14. The van der Waals surface area contributed by atoms with E-state index in [2.05, 4.69) is 17.4 Å². The molecule has 3 N–H and O–H groups in total. The van der Waals surface area contributed by atoms with Crippen molar-refractivity contribution in [3.63, 3.8) is 0 Å². The molecule has 0 bridgehead atoms. The molecule has 2 rings (SSSR count). The van der Waals surface area contributed by atoms with Gasteiger partial charge in [0.05, 0.1) is 10.5 Å². The van der Waals surface area contributed by atoms with Gasteiger partial charge in [-0.05, 0) is 31.2 Å². The molecule has 1 aromatic rings. The van der Waals surface area contributed by atoms with Gasteiger partial charge in [-0.15, -0.1) is 0 Å². The first kappa shape index (κ1) is 15.0. The summed E-state index contributed by atoms with van der Waals surface area (Å²) in [5, 5.41) is 3.07. The summed E-state index contributed by atoms with van der Waals surface area (Å²) in [6.07, 6.45) is 6.24. The summed E-state index contributed by atoms with van der Waals surface area (Å²) in [5.74, 6) is 0.0654. The van der Waals surface area contributed by atoms with E-state index in [4.69, 9.17) is 18.0 Å². The lowest BCUT2D eigenvalue weighted by Gasteiger charge is -2.29. The second-order valence-corrected chi connectivity index (χ2v) is 5.98. The van der Waals surface area contributed by atoms with Gasteiger partial charge >= 0.3 is 0 Å². The van der Waals surface area contributed by atoms with Gasteiger partial charge in [-0.3, -0.25) is 4.79 Å². The van der Waals surface area contributed by atoms with Crippen LogP contribution in [0.4, 0.5) is 0 Å². The molecule has 1 saturated carbocycles. The summed E-state index contributed by atoms with van der Waals surface area (Å²) in [6, 6.07) is 10.2. The summed E-state index contributed by atoms with van der Waals surface area (Å²) in [5.41, 5.74) is 6.67. The topological polar surface area (TPSA) is 55.1 Å². The molecule has 4 heteroatoms. The van der Waals surface area contributed by atoms with E-state index in [0.29, 0.717) is 11.4 Å². The predicted molar refractivity (Wildman–Crippen MR) is 85.5 cm³/mol. The molecular formula is C16H22N2OS. The van der Waals surface area contributed by atoms with Crippen LogP contribution in [0.15, 0.2) is 30.3 Å². The second kappa shape index (κ2) is 6.84. The van der Waals surface area contributed by atoms with Crippen LogP contribution < -0.4 is 11.1 Å². The smallest absolute Gasteiger partial charge is 0.220 e. The zero-order chi connectivity index (χ0) is 14.4. The molecule has 0 aromatic heterocycles. The highest BCUT2D eigenvalue weighted by Gasteiger charge is 2.37. The van der Waals surface area contributed by atoms with Crippen molar-refractivity contribution in [2.45, 2.75) is 50.5 Å². The fourth-order valence-corrected chi connectivity index (χ4v) is 3.09. The van der Waals surface area contributed by atoms with Gasteiger partial charge < -0.3 is 11.1 Å². The van der Waals surface area contributed by atoms with Gasteiger partial charge in [0.15, 0.2) is 0 Å². The third-order valence-electron chi connectivity index (χ3n) is 4.02. The van der Waals surface area contributed by atoms with Crippen LogP contribution in [0.2, 0.25) is 0 Å². The average molecular weight is 290 g/mol. The van der Waals surface area contributed by atoms with E-state index in [1.807, 2.05) is 18.2 Å². The lowest BCUT2D eigenvalue weighted by atomic mass is 9.97. The first-order valence-corrected chi connectivity index (χ1v) is 7.68. The van der Waals surface area contributed by atoms with E-state index in [1.54, 1.807) is 0 Å². The molecule has 0 spiro atoms. The maximum Gasteiger partial charge on any atom is 0.220 e. The van der Waals surface area contributed by atoms with Crippen molar-refractivity contribution in [1.29, 1.82) is 0 Å². The number of aryl methyl sites for hydroxylation is 1. The van der Waals surface area contributed by atoms with Gasteiger partial charge in [-0.1, -0.05) is 55.4 Å². The van der Waals surface area contributed by atoms with Crippen LogP contribution in [0, 0.1) is 0 Å². The third-order valence-corrected chi connectivity index (χ3v) is 4.41. The molecule has 0 saturated heterocycles. The number of thiocarbonyl (C=S) groups is 1. The molecule has 1 fully saturated rings. The summed E-state index contributed by atoms with van der Waals surface area (Å²) in [7, 11) is 0. The molecule has 20 heavy (non-hydrogen) atoms. The monoisotopic (exact) mass is 290 g/mol. The molecule has 0 atom stereocenters. The largest absolute Gasteiger partial charge is 0.391 e.